The number of hydrogen-bond acceptors (Lipinski definition) is 6. The normalized spacial score (nSPS) is 11.0. The first-order valence-electron chi connectivity index (χ1n) is 9.43. The maximum Gasteiger partial charge on any atom is 0.310 e. The third kappa shape index (κ3) is 4.89. The van der Waals surface area contributed by atoms with Crippen molar-refractivity contribution in [1.29, 1.82) is 0 Å². The second kappa shape index (κ2) is 9.40. The Morgan fingerprint density at radius 2 is 1.58 bits per heavy atom. The highest BCUT2D eigenvalue weighted by Crippen LogP contribution is 2.28. The lowest BCUT2D eigenvalue weighted by Gasteiger charge is -2.23. The van der Waals surface area contributed by atoms with E-state index in [1.54, 1.807) is 42.5 Å². The monoisotopic (exact) mass is 440 g/mol. The first kappa shape index (κ1) is 22.0. The fourth-order valence-corrected chi connectivity index (χ4v) is 4.34. The van der Waals surface area contributed by atoms with Gasteiger partial charge in [-0.1, -0.05) is 49.4 Å². The molecule has 0 N–H and O–H groups in total. The lowest BCUT2D eigenvalue weighted by molar-refractivity contribution is -0.385. The van der Waals surface area contributed by atoms with Crippen molar-refractivity contribution >= 4 is 27.3 Å². The van der Waals surface area contributed by atoms with Crippen LogP contribution in [0.2, 0.25) is 0 Å². The van der Waals surface area contributed by atoms with Crippen molar-refractivity contribution in [2.75, 3.05) is 10.9 Å². The summed E-state index contributed by atoms with van der Waals surface area (Å²) in [7, 11) is -4.23. The van der Waals surface area contributed by atoms with Crippen LogP contribution < -0.4 is 9.04 Å². The molecule has 0 bridgehead atoms. The zero-order valence-corrected chi connectivity index (χ0v) is 17.5. The van der Waals surface area contributed by atoms with E-state index in [0.29, 0.717) is 4.31 Å². The molecule has 0 spiro atoms. The number of anilines is 1. The lowest BCUT2D eigenvalue weighted by Crippen LogP contribution is -2.40. The van der Waals surface area contributed by atoms with Crippen LogP contribution in [0.3, 0.4) is 0 Å². The average molecular weight is 440 g/mol. The van der Waals surface area contributed by atoms with Gasteiger partial charge in [-0.3, -0.25) is 14.9 Å². The van der Waals surface area contributed by atoms with E-state index in [4.69, 9.17) is 4.74 Å². The van der Waals surface area contributed by atoms with Crippen molar-refractivity contribution in [2.24, 2.45) is 0 Å². The molecule has 8 nitrogen and oxygen atoms in total. The van der Waals surface area contributed by atoms with Crippen molar-refractivity contribution in [3.8, 4) is 5.75 Å². The molecule has 3 aromatic carbocycles. The van der Waals surface area contributed by atoms with Crippen LogP contribution in [-0.2, 0) is 21.2 Å². The molecular formula is C22H20N2O6S. The number of aryl methyl sites for hydroxylation is 1. The quantitative estimate of drug-likeness (QED) is 0.388. The van der Waals surface area contributed by atoms with Gasteiger partial charge in [0.15, 0.2) is 12.4 Å². The number of nitrogens with zero attached hydrogens (tertiary/aromatic N) is 2. The Hall–Kier alpha value is -3.72. The Morgan fingerprint density at radius 1 is 0.968 bits per heavy atom. The zero-order valence-electron chi connectivity index (χ0n) is 16.7. The molecular weight excluding hydrogens is 420 g/mol. The molecule has 0 unspecified atom stereocenters. The summed E-state index contributed by atoms with van der Waals surface area (Å²) >= 11 is 0. The predicted octanol–water partition coefficient (Wildman–Crippen LogP) is 3.96. The Kier molecular flexibility index (Phi) is 6.66. The van der Waals surface area contributed by atoms with Crippen LogP contribution in [-0.4, -0.2) is 25.9 Å². The lowest BCUT2D eigenvalue weighted by atomic mass is 10.1. The maximum absolute atomic E-state index is 13.3. The number of benzene rings is 3. The molecule has 0 aliphatic heterocycles. The SMILES string of the molecule is CCc1ccc(N(C(=O)COc2ccccc2[N+](=O)[O-])S(=O)(=O)c2ccccc2)cc1. The molecule has 0 saturated heterocycles. The second-order valence-corrected chi connectivity index (χ2v) is 8.30. The minimum absolute atomic E-state index is 0.0615. The molecule has 0 aromatic heterocycles. The van der Waals surface area contributed by atoms with Gasteiger partial charge in [0.1, 0.15) is 0 Å². The molecule has 0 radical (unpaired) electrons. The molecule has 0 aliphatic carbocycles. The summed E-state index contributed by atoms with van der Waals surface area (Å²) in [5.41, 5.74) is 0.807. The van der Waals surface area contributed by atoms with Gasteiger partial charge in [0.2, 0.25) is 0 Å². The van der Waals surface area contributed by atoms with Crippen LogP contribution in [0.15, 0.2) is 83.8 Å². The number of nitro groups is 1. The average Bonchev–Trinajstić information content (AvgIpc) is 2.79. The molecule has 0 saturated carbocycles. The molecule has 0 atom stereocenters. The minimum atomic E-state index is -4.23. The van der Waals surface area contributed by atoms with Crippen LogP contribution in [0.1, 0.15) is 12.5 Å². The maximum atomic E-state index is 13.3. The number of sulfonamides is 1. The highest BCUT2D eigenvalue weighted by atomic mass is 32.2. The Morgan fingerprint density at radius 3 is 2.19 bits per heavy atom. The van der Waals surface area contributed by atoms with Crippen LogP contribution in [0.4, 0.5) is 11.4 Å². The number of rotatable bonds is 8. The van der Waals surface area contributed by atoms with Gasteiger partial charge in [0.25, 0.3) is 15.9 Å². The summed E-state index contributed by atoms with van der Waals surface area (Å²) in [5, 5.41) is 11.2. The van der Waals surface area contributed by atoms with Gasteiger partial charge in [-0.15, -0.1) is 0 Å². The van der Waals surface area contributed by atoms with E-state index in [0.717, 1.165) is 12.0 Å². The number of para-hydroxylation sites is 2. The van der Waals surface area contributed by atoms with E-state index < -0.39 is 27.5 Å². The van der Waals surface area contributed by atoms with Gasteiger partial charge >= 0.3 is 5.69 Å². The Labute approximate surface area is 179 Å². The number of nitro benzene ring substituents is 1. The van der Waals surface area contributed by atoms with E-state index in [2.05, 4.69) is 0 Å². The molecule has 1 amide bonds. The smallest absolute Gasteiger partial charge is 0.310 e. The molecule has 0 fully saturated rings. The molecule has 9 heteroatoms. The molecule has 31 heavy (non-hydrogen) atoms. The summed E-state index contributed by atoms with van der Waals surface area (Å²) in [6.07, 6.45) is 0.750. The van der Waals surface area contributed by atoms with Crippen molar-refractivity contribution in [3.63, 3.8) is 0 Å². The number of carbonyl (C=O) groups is 1. The summed E-state index contributed by atoms with van der Waals surface area (Å²) in [6, 6.07) is 19.7. The predicted molar refractivity (Wildman–Crippen MR) is 116 cm³/mol. The first-order valence-corrected chi connectivity index (χ1v) is 10.9. The number of carbonyl (C=O) groups excluding carboxylic acids is 1. The summed E-state index contributed by atoms with van der Waals surface area (Å²) in [6.45, 7) is 1.26. The van der Waals surface area contributed by atoms with Crippen LogP contribution in [0, 0.1) is 10.1 Å². The summed E-state index contributed by atoms with van der Waals surface area (Å²) in [5.74, 6) is -1.01. The number of amides is 1. The topological polar surface area (TPSA) is 107 Å². The third-order valence-electron chi connectivity index (χ3n) is 4.50. The van der Waals surface area contributed by atoms with E-state index >= 15 is 0 Å². The molecule has 3 rings (SSSR count). The molecule has 160 valence electrons. The summed E-state index contributed by atoms with van der Waals surface area (Å²) in [4.78, 5) is 23.5. The van der Waals surface area contributed by atoms with Crippen molar-refractivity contribution < 1.29 is 22.9 Å². The standard InChI is InChI=1S/C22H20N2O6S/c1-2-17-12-14-18(15-13-17)23(31(28,29)19-8-4-3-5-9-19)22(25)16-30-21-11-7-6-10-20(21)24(26)27/h3-15H,2,16H2,1H3. The van der Waals surface area contributed by atoms with Gasteiger partial charge in [0.05, 0.1) is 15.5 Å². The molecule has 0 heterocycles. The van der Waals surface area contributed by atoms with Gasteiger partial charge in [0, 0.05) is 6.07 Å². The number of hydrogen-bond donors (Lipinski definition) is 0. The highest BCUT2D eigenvalue weighted by molar-refractivity contribution is 7.93. The fraction of sp³-hybridized carbons (Fsp3) is 0.136. The van der Waals surface area contributed by atoms with Gasteiger partial charge < -0.3 is 4.74 Å². The van der Waals surface area contributed by atoms with Crippen molar-refractivity contribution in [2.45, 2.75) is 18.2 Å². The first-order chi connectivity index (χ1) is 14.8. The molecule has 0 aliphatic rings. The highest BCUT2D eigenvalue weighted by Gasteiger charge is 2.31. The van der Waals surface area contributed by atoms with Crippen LogP contribution in [0.5, 0.6) is 5.75 Å². The van der Waals surface area contributed by atoms with Gasteiger partial charge in [-0.25, -0.2) is 8.42 Å². The van der Waals surface area contributed by atoms with Gasteiger partial charge in [-0.2, -0.15) is 4.31 Å². The Bertz CT molecular complexity index is 1180. The largest absolute Gasteiger partial charge is 0.477 e. The van der Waals surface area contributed by atoms with E-state index in [1.807, 2.05) is 6.92 Å². The Balaban J connectivity index is 1.96. The van der Waals surface area contributed by atoms with Crippen molar-refractivity contribution in [3.05, 3.63) is 94.5 Å². The van der Waals surface area contributed by atoms with E-state index in [9.17, 15) is 23.3 Å². The zero-order chi connectivity index (χ0) is 22.4. The van der Waals surface area contributed by atoms with Crippen LogP contribution >= 0.6 is 0 Å². The minimum Gasteiger partial charge on any atom is -0.477 e. The number of ether oxygens (including phenoxy) is 1. The van der Waals surface area contributed by atoms with Gasteiger partial charge in [-0.05, 0) is 42.3 Å². The molecule has 3 aromatic rings. The fourth-order valence-electron chi connectivity index (χ4n) is 2.91. The van der Waals surface area contributed by atoms with Crippen molar-refractivity contribution in [1.82, 2.24) is 0 Å². The van der Waals surface area contributed by atoms with E-state index in [1.165, 1.54) is 36.4 Å². The third-order valence-corrected chi connectivity index (χ3v) is 6.26. The second-order valence-electron chi connectivity index (χ2n) is 6.51. The summed E-state index contributed by atoms with van der Waals surface area (Å²) < 4.78 is 32.5. The van der Waals surface area contributed by atoms with Crippen LogP contribution in [0.25, 0.3) is 0 Å². The van der Waals surface area contributed by atoms with E-state index in [-0.39, 0.29) is 22.0 Å².